The van der Waals surface area contributed by atoms with E-state index >= 15 is 0 Å². The Bertz CT molecular complexity index is 260. The summed E-state index contributed by atoms with van der Waals surface area (Å²) in [6, 6.07) is 10.6. The molecule has 1 aromatic carbocycles. The zero-order chi connectivity index (χ0) is 10.4. The smallest absolute Gasteiger partial charge is 0.104 e. The number of rotatable bonds is 5. The molecule has 0 aliphatic rings. The fraction of sp³-hybridized carbons (Fsp3) is 0.500. The monoisotopic (exact) mass is 212 g/mol. The van der Waals surface area contributed by atoms with E-state index in [4.69, 9.17) is 11.6 Å². The Morgan fingerprint density at radius 1 is 1.21 bits per heavy atom. The maximum atomic E-state index is 5.82. The summed E-state index contributed by atoms with van der Waals surface area (Å²) in [7, 11) is 2.26. The first-order valence-corrected chi connectivity index (χ1v) is 5.67. The Balaban J connectivity index is 2.65. The second kappa shape index (κ2) is 5.38. The lowest BCUT2D eigenvalue weighted by Gasteiger charge is -2.32. The number of hydrogen-bond acceptors (Lipinski definition) is 0. The molecule has 0 aliphatic carbocycles. The van der Waals surface area contributed by atoms with E-state index in [1.54, 1.807) is 0 Å². The molecule has 0 fully saturated rings. The molecule has 0 saturated carbocycles. The molecule has 0 aliphatic heterocycles. The zero-order valence-electron chi connectivity index (χ0n) is 9.04. The molecule has 1 rings (SSSR count). The van der Waals surface area contributed by atoms with Crippen molar-refractivity contribution in [3.05, 3.63) is 35.9 Å². The topological polar surface area (TPSA) is 0 Å². The molecule has 0 bridgehead atoms. The van der Waals surface area contributed by atoms with Crippen LogP contribution in [0.4, 0.5) is 0 Å². The molecule has 0 heterocycles. The van der Waals surface area contributed by atoms with Crippen LogP contribution in [-0.2, 0) is 6.54 Å². The van der Waals surface area contributed by atoms with Gasteiger partial charge in [-0.15, -0.1) is 11.6 Å². The number of nitrogens with zero attached hydrogens (tertiary/aromatic N) is 1. The SMILES string of the molecule is CC[N+](C)(CCCl)Cc1ccccc1. The number of alkyl halides is 1. The van der Waals surface area contributed by atoms with Crippen LogP contribution in [0.3, 0.4) is 0 Å². The second-order valence-electron chi connectivity index (χ2n) is 3.99. The van der Waals surface area contributed by atoms with Gasteiger partial charge < -0.3 is 4.48 Å². The van der Waals surface area contributed by atoms with Gasteiger partial charge in [0.1, 0.15) is 6.54 Å². The van der Waals surface area contributed by atoms with Crippen molar-refractivity contribution in [1.82, 2.24) is 0 Å². The summed E-state index contributed by atoms with van der Waals surface area (Å²) in [6.45, 7) is 5.45. The third-order valence-corrected chi connectivity index (χ3v) is 2.96. The summed E-state index contributed by atoms with van der Waals surface area (Å²) in [5, 5.41) is 0. The van der Waals surface area contributed by atoms with Crippen LogP contribution in [0.25, 0.3) is 0 Å². The summed E-state index contributed by atoms with van der Waals surface area (Å²) in [5.74, 6) is 0.733. The molecule has 1 aromatic rings. The highest BCUT2D eigenvalue weighted by molar-refractivity contribution is 6.17. The fourth-order valence-corrected chi connectivity index (χ4v) is 1.99. The molecule has 1 nitrogen and oxygen atoms in total. The van der Waals surface area contributed by atoms with Crippen molar-refractivity contribution < 1.29 is 4.48 Å². The van der Waals surface area contributed by atoms with Crippen LogP contribution < -0.4 is 0 Å². The van der Waals surface area contributed by atoms with Crippen LogP contribution in [0.1, 0.15) is 12.5 Å². The minimum atomic E-state index is 0.733. The van der Waals surface area contributed by atoms with E-state index < -0.39 is 0 Å². The van der Waals surface area contributed by atoms with E-state index in [9.17, 15) is 0 Å². The molecule has 2 heteroatoms. The number of quaternary nitrogens is 1. The standard InChI is InChI=1S/C12H19ClN/c1-3-14(2,10-9-13)11-12-7-5-4-6-8-12/h4-8H,3,9-11H2,1-2H3/q+1. The number of hydrogen-bond donors (Lipinski definition) is 0. The van der Waals surface area contributed by atoms with E-state index in [0.29, 0.717) is 0 Å². The second-order valence-corrected chi connectivity index (χ2v) is 4.37. The molecule has 0 aromatic heterocycles. The Hall–Kier alpha value is -0.530. The highest BCUT2D eigenvalue weighted by Crippen LogP contribution is 2.11. The lowest BCUT2D eigenvalue weighted by Crippen LogP contribution is -2.44. The predicted molar refractivity (Wildman–Crippen MR) is 62.5 cm³/mol. The van der Waals surface area contributed by atoms with Crippen LogP contribution >= 0.6 is 11.6 Å². The van der Waals surface area contributed by atoms with Crippen LogP contribution in [0.15, 0.2) is 30.3 Å². The lowest BCUT2D eigenvalue weighted by atomic mass is 10.2. The molecule has 14 heavy (non-hydrogen) atoms. The van der Waals surface area contributed by atoms with Gasteiger partial charge in [0.05, 0.1) is 26.0 Å². The van der Waals surface area contributed by atoms with Crippen molar-refractivity contribution in [3.63, 3.8) is 0 Å². The van der Waals surface area contributed by atoms with E-state index in [1.807, 2.05) is 0 Å². The van der Waals surface area contributed by atoms with Gasteiger partial charge in [0.15, 0.2) is 0 Å². The average Bonchev–Trinajstić information content (AvgIpc) is 2.20. The van der Waals surface area contributed by atoms with Gasteiger partial charge in [0.2, 0.25) is 0 Å². The van der Waals surface area contributed by atoms with Crippen molar-refractivity contribution in [2.75, 3.05) is 26.0 Å². The summed E-state index contributed by atoms with van der Waals surface area (Å²) in [4.78, 5) is 0. The van der Waals surface area contributed by atoms with Gasteiger partial charge in [-0.3, -0.25) is 0 Å². The van der Waals surface area contributed by atoms with Crippen molar-refractivity contribution >= 4 is 11.6 Å². The molecular weight excluding hydrogens is 194 g/mol. The molecule has 0 N–H and O–H groups in total. The average molecular weight is 213 g/mol. The normalized spacial score (nSPS) is 15.1. The third-order valence-electron chi connectivity index (χ3n) is 2.79. The van der Waals surface area contributed by atoms with Gasteiger partial charge in [-0.05, 0) is 6.92 Å². The molecule has 0 amide bonds. The Kier molecular flexibility index (Phi) is 4.43. The van der Waals surface area contributed by atoms with Crippen molar-refractivity contribution in [1.29, 1.82) is 0 Å². The summed E-state index contributed by atoms with van der Waals surface area (Å²) < 4.78 is 1.02. The first-order valence-electron chi connectivity index (χ1n) is 5.13. The summed E-state index contributed by atoms with van der Waals surface area (Å²) in [6.07, 6.45) is 0. The maximum Gasteiger partial charge on any atom is 0.104 e. The third kappa shape index (κ3) is 3.32. The van der Waals surface area contributed by atoms with Crippen LogP contribution in [0.2, 0.25) is 0 Å². The van der Waals surface area contributed by atoms with Crippen molar-refractivity contribution in [2.24, 2.45) is 0 Å². The quantitative estimate of drug-likeness (QED) is 0.520. The van der Waals surface area contributed by atoms with Crippen LogP contribution in [0.5, 0.6) is 0 Å². The van der Waals surface area contributed by atoms with E-state index in [1.165, 1.54) is 5.56 Å². The van der Waals surface area contributed by atoms with Crippen molar-refractivity contribution in [2.45, 2.75) is 13.5 Å². The minimum Gasteiger partial charge on any atom is -0.322 e. The summed E-state index contributed by atoms with van der Waals surface area (Å²) in [5.41, 5.74) is 1.39. The Labute approximate surface area is 91.9 Å². The van der Waals surface area contributed by atoms with Gasteiger partial charge in [-0.25, -0.2) is 0 Å². The van der Waals surface area contributed by atoms with E-state index in [2.05, 4.69) is 44.3 Å². The van der Waals surface area contributed by atoms with Gasteiger partial charge in [0.25, 0.3) is 0 Å². The first kappa shape index (κ1) is 11.5. The lowest BCUT2D eigenvalue weighted by molar-refractivity contribution is -0.918. The molecule has 1 unspecified atom stereocenters. The first-order chi connectivity index (χ1) is 6.70. The summed E-state index contributed by atoms with van der Waals surface area (Å²) >= 11 is 5.82. The van der Waals surface area contributed by atoms with E-state index in [0.717, 1.165) is 30.0 Å². The fourth-order valence-electron chi connectivity index (χ4n) is 1.58. The van der Waals surface area contributed by atoms with Gasteiger partial charge in [0, 0.05) is 5.56 Å². The number of benzene rings is 1. The van der Waals surface area contributed by atoms with Crippen LogP contribution in [-0.4, -0.2) is 30.5 Å². The number of halogens is 1. The largest absolute Gasteiger partial charge is 0.322 e. The van der Waals surface area contributed by atoms with Gasteiger partial charge >= 0.3 is 0 Å². The molecular formula is C12H19ClN+. The molecule has 1 atom stereocenters. The van der Waals surface area contributed by atoms with Crippen LogP contribution in [0, 0.1) is 0 Å². The van der Waals surface area contributed by atoms with Crippen molar-refractivity contribution in [3.8, 4) is 0 Å². The minimum absolute atomic E-state index is 0.733. The van der Waals surface area contributed by atoms with E-state index in [-0.39, 0.29) is 0 Å². The molecule has 0 saturated heterocycles. The Morgan fingerprint density at radius 2 is 1.86 bits per heavy atom. The Morgan fingerprint density at radius 3 is 2.36 bits per heavy atom. The van der Waals surface area contributed by atoms with Gasteiger partial charge in [-0.1, -0.05) is 30.3 Å². The maximum absolute atomic E-state index is 5.82. The highest BCUT2D eigenvalue weighted by Gasteiger charge is 2.18. The molecule has 0 spiro atoms. The zero-order valence-corrected chi connectivity index (χ0v) is 9.80. The van der Waals surface area contributed by atoms with Gasteiger partial charge in [-0.2, -0.15) is 0 Å². The predicted octanol–water partition coefficient (Wildman–Crippen LogP) is 2.89. The molecule has 0 radical (unpaired) electrons. The molecule has 78 valence electrons. The highest BCUT2D eigenvalue weighted by atomic mass is 35.5.